The lowest BCUT2D eigenvalue weighted by Gasteiger charge is -2.05. The van der Waals surface area contributed by atoms with E-state index < -0.39 is 0 Å². The molecule has 0 amide bonds. The first-order valence-electron chi connectivity index (χ1n) is 8.13. The van der Waals surface area contributed by atoms with Gasteiger partial charge < -0.3 is 4.98 Å². The fourth-order valence-electron chi connectivity index (χ4n) is 3.30. The molecule has 8 nitrogen and oxygen atoms in total. The average molecular weight is 345 g/mol. The predicted molar refractivity (Wildman–Crippen MR) is 97.7 cm³/mol. The van der Waals surface area contributed by atoms with Crippen LogP contribution in [0.1, 0.15) is 0 Å². The number of hydrogen-bond acceptors (Lipinski definition) is 4. The van der Waals surface area contributed by atoms with E-state index in [0.717, 1.165) is 33.4 Å². The predicted octanol–water partition coefficient (Wildman–Crippen LogP) is 1.98. The summed E-state index contributed by atoms with van der Waals surface area (Å²) in [4.78, 5) is 15.9. The van der Waals surface area contributed by atoms with E-state index in [1.54, 1.807) is 23.1 Å². The Bertz CT molecular complexity index is 1330. The van der Waals surface area contributed by atoms with E-state index in [-0.39, 0.29) is 5.56 Å². The lowest BCUT2D eigenvalue weighted by Crippen LogP contribution is -2.14. The summed E-state index contributed by atoms with van der Waals surface area (Å²) in [7, 11) is 3.76. The maximum absolute atomic E-state index is 12.5. The van der Waals surface area contributed by atoms with Gasteiger partial charge in [0.2, 0.25) is 0 Å². The van der Waals surface area contributed by atoms with Gasteiger partial charge in [0.25, 0.3) is 5.56 Å². The Balaban J connectivity index is 1.75. The minimum absolute atomic E-state index is 0.187. The molecule has 5 aromatic rings. The maximum atomic E-state index is 12.5. The molecule has 8 heteroatoms. The minimum atomic E-state index is -0.187. The minimum Gasteiger partial charge on any atom is -0.339 e. The number of aromatic nitrogens is 7. The van der Waals surface area contributed by atoms with Crippen molar-refractivity contribution < 1.29 is 0 Å². The second-order valence-corrected chi connectivity index (χ2v) is 6.22. The highest BCUT2D eigenvalue weighted by molar-refractivity contribution is 5.84. The third-order valence-electron chi connectivity index (χ3n) is 4.65. The van der Waals surface area contributed by atoms with Gasteiger partial charge in [-0.15, -0.1) is 0 Å². The standard InChI is InChI=1S/C18H15N7O/c1-23-15-4-3-11(7-12(15)9-20-23)14-8-17(26)25-18(22-14)13(10-21-25)16-5-6-19-24(16)2/h3-10,22H,1-2H3. The summed E-state index contributed by atoms with van der Waals surface area (Å²) in [5.74, 6) is 0. The van der Waals surface area contributed by atoms with Crippen LogP contribution in [0.15, 0.2) is 53.7 Å². The molecule has 0 fully saturated rings. The average Bonchev–Trinajstić information content (AvgIpc) is 3.33. The summed E-state index contributed by atoms with van der Waals surface area (Å²) in [6, 6.07) is 9.45. The normalized spacial score (nSPS) is 11.6. The Morgan fingerprint density at radius 2 is 1.85 bits per heavy atom. The van der Waals surface area contributed by atoms with Gasteiger partial charge in [-0.05, 0) is 23.8 Å². The van der Waals surface area contributed by atoms with Gasteiger partial charge in [0, 0.05) is 31.7 Å². The molecule has 4 heterocycles. The smallest absolute Gasteiger partial charge is 0.274 e. The van der Waals surface area contributed by atoms with E-state index >= 15 is 0 Å². The van der Waals surface area contributed by atoms with E-state index in [4.69, 9.17) is 0 Å². The molecule has 0 saturated heterocycles. The monoisotopic (exact) mass is 345 g/mol. The number of nitrogens with zero attached hydrogens (tertiary/aromatic N) is 6. The van der Waals surface area contributed by atoms with Gasteiger partial charge in [0.15, 0.2) is 0 Å². The van der Waals surface area contributed by atoms with Crippen LogP contribution in [-0.4, -0.2) is 34.2 Å². The zero-order chi connectivity index (χ0) is 17.8. The first-order valence-corrected chi connectivity index (χ1v) is 8.13. The third-order valence-corrected chi connectivity index (χ3v) is 4.65. The van der Waals surface area contributed by atoms with Crippen molar-refractivity contribution in [2.75, 3.05) is 0 Å². The lowest BCUT2D eigenvalue weighted by atomic mass is 10.1. The summed E-state index contributed by atoms with van der Waals surface area (Å²) in [6.45, 7) is 0. The van der Waals surface area contributed by atoms with Crippen LogP contribution in [0.3, 0.4) is 0 Å². The van der Waals surface area contributed by atoms with E-state index in [1.807, 2.05) is 49.2 Å². The number of benzene rings is 1. The first kappa shape index (κ1) is 14.6. The summed E-state index contributed by atoms with van der Waals surface area (Å²) in [5, 5.41) is 13.7. The van der Waals surface area contributed by atoms with Crippen LogP contribution in [0.2, 0.25) is 0 Å². The summed E-state index contributed by atoms with van der Waals surface area (Å²) in [6.07, 6.45) is 5.21. The van der Waals surface area contributed by atoms with E-state index in [1.165, 1.54) is 4.52 Å². The number of hydrogen-bond donors (Lipinski definition) is 1. The van der Waals surface area contributed by atoms with E-state index in [2.05, 4.69) is 20.3 Å². The molecule has 1 N–H and O–H groups in total. The van der Waals surface area contributed by atoms with Gasteiger partial charge in [0.1, 0.15) is 5.65 Å². The fourth-order valence-corrected chi connectivity index (χ4v) is 3.30. The van der Waals surface area contributed by atoms with Crippen LogP contribution < -0.4 is 5.56 Å². The Morgan fingerprint density at radius 1 is 0.962 bits per heavy atom. The molecule has 0 unspecified atom stereocenters. The Morgan fingerprint density at radius 3 is 2.65 bits per heavy atom. The molecule has 0 aliphatic carbocycles. The second kappa shape index (κ2) is 5.16. The van der Waals surface area contributed by atoms with Crippen molar-refractivity contribution in [2.24, 2.45) is 14.1 Å². The molecule has 0 aliphatic heterocycles. The summed E-state index contributed by atoms with van der Waals surface area (Å²) in [5.41, 5.74) is 4.86. The van der Waals surface area contributed by atoms with Crippen molar-refractivity contribution in [3.63, 3.8) is 0 Å². The molecule has 0 aliphatic rings. The van der Waals surface area contributed by atoms with E-state index in [0.29, 0.717) is 5.65 Å². The van der Waals surface area contributed by atoms with Crippen molar-refractivity contribution in [2.45, 2.75) is 0 Å². The first-order chi connectivity index (χ1) is 12.6. The van der Waals surface area contributed by atoms with Gasteiger partial charge in [-0.2, -0.15) is 19.8 Å². The fraction of sp³-hybridized carbons (Fsp3) is 0.111. The third kappa shape index (κ3) is 2.02. The number of H-pyrrole nitrogens is 1. The highest BCUT2D eigenvalue weighted by Crippen LogP contribution is 2.25. The Kier molecular flexibility index (Phi) is 2.90. The van der Waals surface area contributed by atoms with Crippen LogP contribution in [0.4, 0.5) is 0 Å². The van der Waals surface area contributed by atoms with E-state index in [9.17, 15) is 4.79 Å². The second-order valence-electron chi connectivity index (χ2n) is 6.22. The zero-order valence-electron chi connectivity index (χ0n) is 14.2. The molecule has 0 saturated carbocycles. The largest absolute Gasteiger partial charge is 0.339 e. The summed E-state index contributed by atoms with van der Waals surface area (Å²) < 4.78 is 4.95. The maximum Gasteiger partial charge on any atom is 0.274 e. The van der Waals surface area contributed by atoms with Crippen LogP contribution in [0.25, 0.3) is 39.1 Å². The quantitative estimate of drug-likeness (QED) is 0.530. The topological polar surface area (TPSA) is 85.8 Å². The summed E-state index contributed by atoms with van der Waals surface area (Å²) >= 11 is 0. The molecule has 0 radical (unpaired) electrons. The van der Waals surface area contributed by atoms with Gasteiger partial charge in [0.05, 0.1) is 34.9 Å². The van der Waals surface area contributed by atoms with Crippen LogP contribution >= 0.6 is 0 Å². The van der Waals surface area contributed by atoms with Crippen molar-refractivity contribution in [3.05, 3.63) is 59.3 Å². The zero-order valence-corrected chi connectivity index (χ0v) is 14.2. The molecule has 0 spiro atoms. The van der Waals surface area contributed by atoms with Crippen molar-refractivity contribution in [1.29, 1.82) is 0 Å². The van der Waals surface area contributed by atoms with Crippen molar-refractivity contribution in [3.8, 4) is 22.5 Å². The number of nitrogens with one attached hydrogen (secondary N) is 1. The van der Waals surface area contributed by atoms with Crippen LogP contribution in [0, 0.1) is 0 Å². The molecule has 128 valence electrons. The molecule has 5 rings (SSSR count). The molecule has 0 atom stereocenters. The molecular formula is C18H15N7O. The van der Waals surface area contributed by atoms with Crippen LogP contribution in [0.5, 0.6) is 0 Å². The van der Waals surface area contributed by atoms with Gasteiger partial charge in [-0.25, -0.2) is 0 Å². The van der Waals surface area contributed by atoms with Gasteiger partial charge in [-0.1, -0.05) is 6.07 Å². The van der Waals surface area contributed by atoms with Crippen molar-refractivity contribution in [1.82, 2.24) is 34.2 Å². The number of fused-ring (bicyclic) bond motifs is 2. The Labute approximate surface area is 147 Å². The number of aryl methyl sites for hydroxylation is 2. The molecule has 26 heavy (non-hydrogen) atoms. The lowest BCUT2D eigenvalue weighted by molar-refractivity contribution is 0.776. The molecule has 1 aromatic carbocycles. The van der Waals surface area contributed by atoms with Gasteiger partial charge in [-0.3, -0.25) is 14.2 Å². The number of aromatic amines is 1. The highest BCUT2D eigenvalue weighted by Gasteiger charge is 2.14. The molecule has 4 aromatic heterocycles. The van der Waals surface area contributed by atoms with Crippen LogP contribution in [-0.2, 0) is 14.1 Å². The SMILES string of the molecule is Cn1nccc1-c1cnn2c(=O)cc(-c3ccc4c(cnn4C)c3)[nH]c12. The number of rotatable bonds is 2. The molecular weight excluding hydrogens is 330 g/mol. The Hall–Kier alpha value is -3.68. The van der Waals surface area contributed by atoms with Gasteiger partial charge >= 0.3 is 0 Å². The highest BCUT2D eigenvalue weighted by atomic mass is 16.1. The molecule has 0 bridgehead atoms. The van der Waals surface area contributed by atoms with Crippen molar-refractivity contribution >= 4 is 16.6 Å².